The Morgan fingerprint density at radius 3 is 2.69 bits per heavy atom. The number of imidazole rings is 1. The molecule has 5 rings (SSSR count). The largest absolute Gasteiger partial charge is 0.416 e. The van der Waals surface area contributed by atoms with Gasteiger partial charge in [-0.15, -0.1) is 0 Å². The van der Waals surface area contributed by atoms with Gasteiger partial charge in [0.2, 0.25) is 0 Å². The van der Waals surface area contributed by atoms with Crippen molar-refractivity contribution in [1.29, 1.82) is 0 Å². The Hall–Kier alpha value is -3.40. The third-order valence-electron chi connectivity index (χ3n) is 5.92. The molecule has 0 radical (unpaired) electrons. The maximum atomic E-state index is 13.3. The van der Waals surface area contributed by atoms with Crippen LogP contribution in [0.1, 0.15) is 39.0 Å². The third-order valence-corrected chi connectivity index (χ3v) is 5.92. The number of carbonyl (C=O) groups is 1. The summed E-state index contributed by atoms with van der Waals surface area (Å²) in [4.78, 5) is 31.6. The zero-order chi connectivity index (χ0) is 22.6. The molecule has 4 heterocycles. The fourth-order valence-corrected chi connectivity index (χ4v) is 4.34. The fourth-order valence-electron chi connectivity index (χ4n) is 4.34. The van der Waals surface area contributed by atoms with Crippen LogP contribution < -0.4 is 5.56 Å². The fraction of sp³-hybridized carbons (Fsp3) is 0.318. The van der Waals surface area contributed by atoms with Crippen molar-refractivity contribution >= 4 is 5.91 Å². The number of alkyl halides is 3. The Kier molecular flexibility index (Phi) is 4.70. The van der Waals surface area contributed by atoms with E-state index in [0.29, 0.717) is 11.3 Å². The van der Waals surface area contributed by atoms with Gasteiger partial charge in [-0.2, -0.15) is 13.2 Å². The van der Waals surface area contributed by atoms with Crippen LogP contribution in [0.2, 0.25) is 0 Å². The number of fused-ring (bicyclic) bond motifs is 2. The molecular formula is C22H19F3N4O3. The molecule has 1 aromatic carbocycles. The number of hydrogen-bond donors (Lipinski definition) is 0. The first kappa shape index (κ1) is 20.5. The van der Waals surface area contributed by atoms with Crippen LogP contribution in [-0.4, -0.2) is 38.0 Å². The molecule has 0 fully saturated rings. The monoisotopic (exact) mass is 444 g/mol. The Morgan fingerprint density at radius 1 is 1.16 bits per heavy atom. The lowest BCUT2D eigenvalue weighted by Gasteiger charge is -2.31. The number of benzene rings is 1. The standard InChI is InChI=1S/C22H19F3N4O3/c1-13-9-28(12-26-13)17-5-6-18-20(30)27(7-8-29(18)21(17)31)10-19-14-3-2-4-16(22(23,24)25)15(14)11-32-19/h2-6,9,12,19H,7-8,10-11H2,1H3. The van der Waals surface area contributed by atoms with Gasteiger partial charge in [-0.3, -0.25) is 9.59 Å². The normalized spacial score (nSPS) is 18.1. The van der Waals surface area contributed by atoms with E-state index in [1.54, 1.807) is 35.3 Å². The van der Waals surface area contributed by atoms with Crippen molar-refractivity contribution in [3.63, 3.8) is 0 Å². The minimum atomic E-state index is -4.46. The van der Waals surface area contributed by atoms with E-state index in [-0.39, 0.29) is 49.0 Å². The summed E-state index contributed by atoms with van der Waals surface area (Å²) in [5.74, 6) is -0.356. The number of amides is 1. The SMILES string of the molecule is Cc1cn(-c2ccc3n(c2=O)CCN(CC2OCc4c2cccc4C(F)(F)F)C3=O)cn1. The highest BCUT2D eigenvalue weighted by Crippen LogP contribution is 2.40. The summed E-state index contributed by atoms with van der Waals surface area (Å²) in [6.45, 7) is 2.32. The first-order valence-corrected chi connectivity index (χ1v) is 10.1. The highest BCUT2D eigenvalue weighted by atomic mass is 19.4. The van der Waals surface area contributed by atoms with E-state index in [1.807, 2.05) is 6.92 Å². The first-order chi connectivity index (χ1) is 15.2. The van der Waals surface area contributed by atoms with E-state index < -0.39 is 17.8 Å². The number of aryl methyl sites for hydroxylation is 1. The van der Waals surface area contributed by atoms with Crippen molar-refractivity contribution in [1.82, 2.24) is 19.0 Å². The van der Waals surface area contributed by atoms with Crippen molar-refractivity contribution in [3.05, 3.63) is 81.3 Å². The summed E-state index contributed by atoms with van der Waals surface area (Å²) in [5.41, 5.74) is 0.951. The molecule has 2 aromatic heterocycles. The van der Waals surface area contributed by atoms with Crippen molar-refractivity contribution < 1.29 is 22.7 Å². The molecule has 0 saturated heterocycles. The zero-order valence-electron chi connectivity index (χ0n) is 17.1. The van der Waals surface area contributed by atoms with Gasteiger partial charge in [0.1, 0.15) is 17.5 Å². The molecule has 0 saturated carbocycles. The predicted octanol–water partition coefficient (Wildman–Crippen LogP) is 3.09. The molecule has 166 valence electrons. The summed E-state index contributed by atoms with van der Waals surface area (Å²) >= 11 is 0. The molecule has 1 amide bonds. The number of aromatic nitrogens is 3. The van der Waals surface area contributed by atoms with Crippen LogP contribution in [0.5, 0.6) is 0 Å². The van der Waals surface area contributed by atoms with Crippen molar-refractivity contribution in [3.8, 4) is 5.69 Å². The molecule has 0 N–H and O–H groups in total. The van der Waals surface area contributed by atoms with Crippen LogP contribution in [0, 0.1) is 6.92 Å². The second-order valence-electron chi connectivity index (χ2n) is 7.90. The molecule has 1 unspecified atom stereocenters. The number of ether oxygens (including phenoxy) is 1. The number of pyridine rings is 1. The Balaban J connectivity index is 1.40. The summed E-state index contributed by atoms with van der Waals surface area (Å²) < 4.78 is 48.5. The quantitative estimate of drug-likeness (QED) is 0.623. The van der Waals surface area contributed by atoms with Crippen LogP contribution in [0.4, 0.5) is 13.2 Å². The Labute approximate surface area is 180 Å². The number of carbonyl (C=O) groups excluding carboxylic acids is 1. The molecule has 2 aliphatic heterocycles. The molecule has 1 atom stereocenters. The average molecular weight is 444 g/mol. The molecular weight excluding hydrogens is 425 g/mol. The summed E-state index contributed by atoms with van der Waals surface area (Å²) in [6, 6.07) is 7.17. The van der Waals surface area contributed by atoms with Crippen LogP contribution >= 0.6 is 0 Å². The molecule has 32 heavy (non-hydrogen) atoms. The lowest BCUT2D eigenvalue weighted by molar-refractivity contribution is -0.138. The summed E-state index contributed by atoms with van der Waals surface area (Å²) in [6.07, 6.45) is -1.84. The van der Waals surface area contributed by atoms with E-state index in [0.717, 1.165) is 11.8 Å². The van der Waals surface area contributed by atoms with Crippen molar-refractivity contribution in [2.45, 2.75) is 32.4 Å². The number of hydrogen-bond acceptors (Lipinski definition) is 4. The van der Waals surface area contributed by atoms with E-state index in [4.69, 9.17) is 4.74 Å². The topological polar surface area (TPSA) is 69.4 Å². The summed E-state index contributed by atoms with van der Waals surface area (Å²) in [7, 11) is 0. The minimum Gasteiger partial charge on any atom is -0.367 e. The van der Waals surface area contributed by atoms with Gasteiger partial charge < -0.3 is 18.8 Å². The van der Waals surface area contributed by atoms with Crippen molar-refractivity contribution in [2.75, 3.05) is 13.1 Å². The maximum Gasteiger partial charge on any atom is 0.416 e. The van der Waals surface area contributed by atoms with Gasteiger partial charge in [-0.1, -0.05) is 12.1 Å². The average Bonchev–Trinajstić information content (AvgIpc) is 3.36. The minimum absolute atomic E-state index is 0.115. The van der Waals surface area contributed by atoms with Gasteiger partial charge in [-0.05, 0) is 36.2 Å². The second kappa shape index (κ2) is 7.33. The number of nitrogens with zero attached hydrogens (tertiary/aromatic N) is 4. The summed E-state index contributed by atoms with van der Waals surface area (Å²) in [5, 5.41) is 0. The lowest BCUT2D eigenvalue weighted by atomic mass is 9.99. The van der Waals surface area contributed by atoms with E-state index in [2.05, 4.69) is 4.98 Å². The maximum absolute atomic E-state index is 13.3. The number of rotatable bonds is 3. The second-order valence-corrected chi connectivity index (χ2v) is 7.90. The lowest BCUT2D eigenvalue weighted by Crippen LogP contribution is -2.46. The van der Waals surface area contributed by atoms with E-state index in [1.165, 1.54) is 15.5 Å². The number of halogens is 3. The van der Waals surface area contributed by atoms with Gasteiger partial charge in [0.05, 0.1) is 30.7 Å². The highest BCUT2D eigenvalue weighted by molar-refractivity contribution is 5.93. The van der Waals surface area contributed by atoms with Crippen molar-refractivity contribution in [2.24, 2.45) is 0 Å². The molecule has 0 aliphatic carbocycles. The zero-order valence-corrected chi connectivity index (χ0v) is 17.1. The smallest absolute Gasteiger partial charge is 0.367 e. The van der Waals surface area contributed by atoms with Gasteiger partial charge in [0.25, 0.3) is 11.5 Å². The van der Waals surface area contributed by atoms with Gasteiger partial charge >= 0.3 is 6.18 Å². The van der Waals surface area contributed by atoms with Crippen LogP contribution in [0.3, 0.4) is 0 Å². The third kappa shape index (κ3) is 3.31. The predicted molar refractivity (Wildman–Crippen MR) is 107 cm³/mol. The van der Waals surface area contributed by atoms with E-state index >= 15 is 0 Å². The molecule has 7 nitrogen and oxygen atoms in total. The van der Waals surface area contributed by atoms with Crippen LogP contribution in [-0.2, 0) is 24.1 Å². The Bertz CT molecular complexity index is 1280. The highest BCUT2D eigenvalue weighted by Gasteiger charge is 2.39. The van der Waals surface area contributed by atoms with Gasteiger partial charge in [0, 0.05) is 19.3 Å². The Morgan fingerprint density at radius 2 is 1.97 bits per heavy atom. The molecule has 3 aromatic rings. The van der Waals surface area contributed by atoms with Crippen LogP contribution in [0.25, 0.3) is 5.69 Å². The molecule has 10 heteroatoms. The first-order valence-electron chi connectivity index (χ1n) is 10.1. The van der Waals surface area contributed by atoms with Gasteiger partial charge in [-0.25, -0.2) is 4.98 Å². The molecule has 2 aliphatic rings. The molecule has 0 bridgehead atoms. The van der Waals surface area contributed by atoms with E-state index in [9.17, 15) is 22.8 Å². The van der Waals surface area contributed by atoms with Crippen LogP contribution in [0.15, 0.2) is 47.7 Å². The molecule has 0 spiro atoms. The van der Waals surface area contributed by atoms with Gasteiger partial charge in [0.15, 0.2) is 0 Å².